The molecule has 1 aliphatic carbocycles. The van der Waals surface area contributed by atoms with Crippen molar-refractivity contribution in [2.45, 2.75) is 45.8 Å². The second-order valence-electron chi connectivity index (χ2n) is 7.24. The van der Waals surface area contributed by atoms with Gasteiger partial charge in [-0.25, -0.2) is 0 Å². The molecule has 4 atom stereocenters. The maximum absolute atomic E-state index is 12.9. The van der Waals surface area contributed by atoms with E-state index in [-0.39, 0.29) is 17.9 Å². The van der Waals surface area contributed by atoms with Crippen molar-refractivity contribution in [3.63, 3.8) is 0 Å². The quantitative estimate of drug-likeness (QED) is 0.913. The van der Waals surface area contributed by atoms with E-state index in [2.05, 4.69) is 39.0 Å². The van der Waals surface area contributed by atoms with Gasteiger partial charge in [-0.3, -0.25) is 4.79 Å². The summed E-state index contributed by atoms with van der Waals surface area (Å²) in [5.74, 6) is 0.0771. The number of hydrogen-bond donors (Lipinski definition) is 1. The summed E-state index contributed by atoms with van der Waals surface area (Å²) < 4.78 is 0. The Morgan fingerprint density at radius 2 is 1.92 bits per heavy atom. The molecular weight excluding hydrogens is 298 g/mol. The molecule has 3 rings (SSSR count). The lowest BCUT2D eigenvalue weighted by atomic mass is 9.81. The molecule has 3 nitrogen and oxygen atoms in total. The summed E-state index contributed by atoms with van der Waals surface area (Å²) in [5, 5.41) is 10.8. The molecule has 1 heterocycles. The topological polar surface area (TPSA) is 40.5 Å². The Morgan fingerprint density at radius 1 is 1.21 bits per heavy atom. The summed E-state index contributed by atoms with van der Waals surface area (Å²) in [6.45, 7) is 7.03. The number of aliphatic hydroxyl groups excluding tert-OH is 1. The van der Waals surface area contributed by atoms with Crippen LogP contribution in [0.1, 0.15) is 45.2 Å². The second-order valence-corrected chi connectivity index (χ2v) is 7.24. The standard InChI is InChI=1S/C21H27NO2/c1-14-9-10-18(15(2)13-14)20(23)19-11-12-22(21(19)24)16(3)17-7-5-4-6-8-17/h4-10,15-16,19-20,23H,11-13H2,1-3H3/t15?,16-,19+,20?/m0/s1. The molecule has 24 heavy (non-hydrogen) atoms. The zero-order chi connectivity index (χ0) is 17.3. The molecule has 1 fully saturated rings. The minimum absolute atomic E-state index is 0.0517. The van der Waals surface area contributed by atoms with Gasteiger partial charge in [0, 0.05) is 6.54 Å². The molecule has 3 heteroatoms. The summed E-state index contributed by atoms with van der Waals surface area (Å²) in [4.78, 5) is 14.8. The molecule has 0 saturated carbocycles. The predicted octanol–water partition coefficient (Wildman–Crippen LogP) is 3.87. The molecule has 2 unspecified atom stereocenters. The third-order valence-electron chi connectivity index (χ3n) is 5.51. The number of carbonyl (C=O) groups is 1. The average Bonchev–Trinajstić information content (AvgIpc) is 2.96. The number of nitrogens with zero attached hydrogens (tertiary/aromatic N) is 1. The molecule has 0 bridgehead atoms. The first-order valence-electron chi connectivity index (χ1n) is 8.89. The van der Waals surface area contributed by atoms with E-state index in [1.165, 1.54) is 5.57 Å². The number of aliphatic hydroxyl groups is 1. The third-order valence-corrected chi connectivity index (χ3v) is 5.51. The van der Waals surface area contributed by atoms with E-state index < -0.39 is 6.10 Å². The lowest BCUT2D eigenvalue weighted by Gasteiger charge is -2.29. The minimum Gasteiger partial charge on any atom is -0.388 e. The number of amides is 1. The first kappa shape index (κ1) is 17.0. The number of hydrogen-bond acceptors (Lipinski definition) is 2. The van der Waals surface area contributed by atoms with Crippen LogP contribution in [0.2, 0.25) is 0 Å². The van der Waals surface area contributed by atoms with E-state index >= 15 is 0 Å². The van der Waals surface area contributed by atoms with Gasteiger partial charge in [0.05, 0.1) is 18.1 Å². The van der Waals surface area contributed by atoms with Crippen molar-refractivity contribution < 1.29 is 9.90 Å². The molecule has 128 valence electrons. The van der Waals surface area contributed by atoms with Crippen molar-refractivity contribution in [2.24, 2.45) is 11.8 Å². The van der Waals surface area contributed by atoms with Crippen LogP contribution in [-0.4, -0.2) is 28.6 Å². The van der Waals surface area contributed by atoms with Gasteiger partial charge in [0.15, 0.2) is 0 Å². The van der Waals surface area contributed by atoms with Gasteiger partial charge in [-0.05, 0) is 43.7 Å². The fraction of sp³-hybridized carbons (Fsp3) is 0.476. The van der Waals surface area contributed by atoms with Crippen LogP contribution in [0.25, 0.3) is 0 Å². The van der Waals surface area contributed by atoms with Crippen LogP contribution in [0, 0.1) is 11.8 Å². The summed E-state index contributed by atoms with van der Waals surface area (Å²) in [5.41, 5.74) is 3.48. The third kappa shape index (κ3) is 3.18. The molecule has 0 aromatic heterocycles. The van der Waals surface area contributed by atoms with Crippen LogP contribution < -0.4 is 0 Å². The molecule has 1 N–H and O–H groups in total. The Kier molecular flexibility index (Phi) is 4.91. The van der Waals surface area contributed by atoms with E-state index in [0.717, 1.165) is 24.0 Å². The Morgan fingerprint density at radius 3 is 2.58 bits per heavy atom. The van der Waals surface area contributed by atoms with Crippen molar-refractivity contribution in [3.05, 3.63) is 59.2 Å². The molecule has 1 aliphatic heterocycles. The highest BCUT2D eigenvalue weighted by molar-refractivity contribution is 5.82. The van der Waals surface area contributed by atoms with Crippen LogP contribution in [-0.2, 0) is 4.79 Å². The summed E-state index contributed by atoms with van der Waals surface area (Å²) >= 11 is 0. The van der Waals surface area contributed by atoms with Crippen LogP contribution in [0.3, 0.4) is 0 Å². The molecule has 1 aromatic rings. The minimum atomic E-state index is -0.662. The lowest BCUT2D eigenvalue weighted by Crippen LogP contribution is -2.36. The van der Waals surface area contributed by atoms with Crippen LogP contribution in [0.4, 0.5) is 0 Å². The number of likely N-dealkylation sites (tertiary alicyclic amines) is 1. The molecular formula is C21H27NO2. The fourth-order valence-corrected chi connectivity index (χ4v) is 4.01. The lowest BCUT2D eigenvalue weighted by molar-refractivity contribution is -0.135. The number of carbonyl (C=O) groups excluding carboxylic acids is 1. The van der Waals surface area contributed by atoms with Gasteiger partial charge in [0.1, 0.15) is 0 Å². The van der Waals surface area contributed by atoms with E-state index in [0.29, 0.717) is 12.5 Å². The first-order valence-corrected chi connectivity index (χ1v) is 8.89. The van der Waals surface area contributed by atoms with Crippen molar-refractivity contribution in [3.8, 4) is 0 Å². The van der Waals surface area contributed by atoms with Crippen LogP contribution in [0.5, 0.6) is 0 Å². The van der Waals surface area contributed by atoms with E-state index in [1.54, 1.807) is 0 Å². The van der Waals surface area contributed by atoms with E-state index in [9.17, 15) is 9.90 Å². The summed E-state index contributed by atoms with van der Waals surface area (Å²) in [7, 11) is 0. The molecule has 1 amide bonds. The zero-order valence-electron chi connectivity index (χ0n) is 14.8. The first-order chi connectivity index (χ1) is 11.5. The predicted molar refractivity (Wildman–Crippen MR) is 96.3 cm³/mol. The largest absolute Gasteiger partial charge is 0.388 e. The Hall–Kier alpha value is -1.87. The Bertz CT molecular complexity index is 662. The van der Waals surface area contributed by atoms with Gasteiger partial charge in [-0.15, -0.1) is 0 Å². The summed E-state index contributed by atoms with van der Waals surface area (Å²) in [6.07, 6.45) is 5.12. The van der Waals surface area contributed by atoms with Crippen molar-refractivity contribution in [2.75, 3.05) is 6.54 Å². The SMILES string of the molecule is CC1=CC=C(C(O)[C@H]2CCN([C@@H](C)c3ccccc3)C2=O)C(C)C1. The second kappa shape index (κ2) is 6.94. The van der Waals surface area contributed by atoms with E-state index in [1.807, 2.05) is 29.2 Å². The van der Waals surface area contributed by atoms with Gasteiger partial charge in [0.25, 0.3) is 0 Å². The Labute approximate surface area is 144 Å². The molecule has 1 saturated heterocycles. The molecule has 0 spiro atoms. The highest BCUT2D eigenvalue weighted by atomic mass is 16.3. The van der Waals surface area contributed by atoms with Gasteiger partial charge in [0.2, 0.25) is 5.91 Å². The van der Waals surface area contributed by atoms with Crippen LogP contribution in [0.15, 0.2) is 53.6 Å². The Balaban J connectivity index is 1.74. The zero-order valence-corrected chi connectivity index (χ0v) is 14.8. The van der Waals surface area contributed by atoms with Gasteiger partial charge in [-0.2, -0.15) is 0 Å². The van der Waals surface area contributed by atoms with Gasteiger partial charge < -0.3 is 10.0 Å². The maximum Gasteiger partial charge on any atom is 0.229 e. The molecule has 1 aromatic carbocycles. The van der Waals surface area contributed by atoms with Gasteiger partial charge >= 0.3 is 0 Å². The highest BCUT2D eigenvalue weighted by Crippen LogP contribution is 2.36. The van der Waals surface area contributed by atoms with Gasteiger partial charge in [-0.1, -0.05) is 55.0 Å². The monoisotopic (exact) mass is 325 g/mol. The smallest absolute Gasteiger partial charge is 0.229 e. The number of benzene rings is 1. The van der Waals surface area contributed by atoms with Crippen LogP contribution >= 0.6 is 0 Å². The summed E-state index contributed by atoms with van der Waals surface area (Å²) in [6, 6.07) is 10.2. The van der Waals surface area contributed by atoms with E-state index in [4.69, 9.17) is 0 Å². The maximum atomic E-state index is 12.9. The van der Waals surface area contributed by atoms with Crippen molar-refractivity contribution >= 4 is 5.91 Å². The fourth-order valence-electron chi connectivity index (χ4n) is 4.01. The molecule has 0 radical (unpaired) electrons. The normalized spacial score (nSPS) is 26.8. The average molecular weight is 325 g/mol. The highest BCUT2D eigenvalue weighted by Gasteiger charge is 2.40. The van der Waals surface area contributed by atoms with Crippen molar-refractivity contribution in [1.29, 1.82) is 0 Å². The van der Waals surface area contributed by atoms with Crippen molar-refractivity contribution in [1.82, 2.24) is 4.90 Å². The number of rotatable bonds is 4. The molecule has 2 aliphatic rings. The number of allylic oxidation sites excluding steroid dienone is 3.